The van der Waals surface area contributed by atoms with Crippen LogP contribution >= 0.6 is 0 Å². The van der Waals surface area contributed by atoms with Gasteiger partial charge in [0.05, 0.1) is 17.6 Å². The quantitative estimate of drug-likeness (QED) is 0.737. The van der Waals surface area contributed by atoms with Gasteiger partial charge in [0.1, 0.15) is 5.82 Å². The highest BCUT2D eigenvalue weighted by atomic mass is 15.0. The molecule has 4 nitrogen and oxygen atoms in total. The zero-order valence-electron chi connectivity index (χ0n) is 10.4. The summed E-state index contributed by atoms with van der Waals surface area (Å²) in [7, 11) is 0. The molecule has 0 radical (unpaired) electrons. The average molecular weight is 240 g/mol. The molecule has 4 heteroatoms. The van der Waals surface area contributed by atoms with E-state index >= 15 is 0 Å². The highest BCUT2D eigenvalue weighted by molar-refractivity contribution is 5.68. The topological polar surface area (TPSA) is 59.1 Å². The van der Waals surface area contributed by atoms with Crippen molar-refractivity contribution in [3.63, 3.8) is 0 Å². The zero-order valence-corrected chi connectivity index (χ0v) is 10.4. The number of aromatic nitrogens is 3. The molecule has 3 N–H and O–H groups in total. The molecule has 0 amide bonds. The van der Waals surface area contributed by atoms with Crippen molar-refractivity contribution in [3.05, 3.63) is 48.0 Å². The van der Waals surface area contributed by atoms with Crippen molar-refractivity contribution in [1.29, 1.82) is 0 Å². The average Bonchev–Trinajstić information content (AvgIpc) is 2.92. The summed E-state index contributed by atoms with van der Waals surface area (Å²) in [5.41, 5.74) is 10.2. The molecule has 0 aliphatic heterocycles. The van der Waals surface area contributed by atoms with E-state index in [2.05, 4.69) is 39.6 Å². The first-order chi connectivity index (χ1) is 8.79. The third kappa shape index (κ3) is 1.71. The monoisotopic (exact) mass is 240 g/mol. The highest BCUT2D eigenvalue weighted by Gasteiger charge is 2.11. The van der Waals surface area contributed by atoms with Gasteiger partial charge >= 0.3 is 0 Å². The number of fused-ring (bicyclic) bond motifs is 1. The Bertz CT molecular complexity index is 678. The fourth-order valence-electron chi connectivity index (χ4n) is 2.35. The van der Waals surface area contributed by atoms with Gasteiger partial charge in [-0.05, 0) is 37.2 Å². The fraction of sp³-hybridized carbons (Fsp3) is 0.214. The summed E-state index contributed by atoms with van der Waals surface area (Å²) < 4.78 is 2.18. The van der Waals surface area contributed by atoms with Crippen molar-refractivity contribution in [1.82, 2.24) is 14.4 Å². The molecule has 3 heterocycles. The first kappa shape index (κ1) is 11.0. The molecule has 0 saturated carbocycles. The van der Waals surface area contributed by atoms with E-state index in [1.807, 2.05) is 18.3 Å². The van der Waals surface area contributed by atoms with Gasteiger partial charge in [0.25, 0.3) is 0 Å². The minimum Gasteiger partial charge on any atom is -0.341 e. The lowest BCUT2D eigenvalue weighted by Crippen LogP contribution is -2.03. The van der Waals surface area contributed by atoms with Gasteiger partial charge in [-0.1, -0.05) is 6.07 Å². The van der Waals surface area contributed by atoms with Crippen LogP contribution in [-0.2, 0) is 6.42 Å². The van der Waals surface area contributed by atoms with Crippen LogP contribution in [0.15, 0.2) is 36.7 Å². The van der Waals surface area contributed by atoms with Crippen molar-refractivity contribution < 1.29 is 0 Å². The van der Waals surface area contributed by atoms with E-state index in [1.54, 1.807) is 0 Å². The number of H-pyrrole nitrogens is 1. The molecular weight excluding hydrogens is 224 g/mol. The van der Waals surface area contributed by atoms with Crippen LogP contribution in [0.3, 0.4) is 0 Å². The first-order valence-corrected chi connectivity index (χ1v) is 6.10. The van der Waals surface area contributed by atoms with Crippen molar-refractivity contribution in [2.75, 3.05) is 6.54 Å². The Morgan fingerprint density at radius 2 is 2.28 bits per heavy atom. The van der Waals surface area contributed by atoms with Crippen LogP contribution in [0.2, 0.25) is 0 Å². The Kier molecular flexibility index (Phi) is 2.64. The third-order valence-electron chi connectivity index (χ3n) is 3.13. The molecule has 0 aromatic carbocycles. The van der Waals surface area contributed by atoms with Gasteiger partial charge in [0.2, 0.25) is 0 Å². The van der Waals surface area contributed by atoms with Crippen LogP contribution in [0.25, 0.3) is 16.9 Å². The van der Waals surface area contributed by atoms with Crippen LogP contribution in [0, 0.1) is 6.92 Å². The Morgan fingerprint density at radius 3 is 3.11 bits per heavy atom. The predicted octanol–water partition coefficient (Wildman–Crippen LogP) is 2.14. The first-order valence-electron chi connectivity index (χ1n) is 6.10. The molecule has 0 unspecified atom stereocenters. The largest absolute Gasteiger partial charge is 0.341 e. The van der Waals surface area contributed by atoms with Crippen molar-refractivity contribution in [2.24, 2.45) is 5.73 Å². The van der Waals surface area contributed by atoms with Crippen molar-refractivity contribution >= 4 is 5.52 Å². The van der Waals surface area contributed by atoms with Gasteiger partial charge in [0.15, 0.2) is 0 Å². The Hall–Kier alpha value is -2.07. The molecule has 0 spiro atoms. The lowest BCUT2D eigenvalue weighted by atomic mass is 10.2. The summed E-state index contributed by atoms with van der Waals surface area (Å²) in [6, 6.07) is 8.37. The minimum absolute atomic E-state index is 0.612. The maximum absolute atomic E-state index is 5.54. The minimum atomic E-state index is 0.612. The molecule has 0 atom stereocenters. The molecule has 18 heavy (non-hydrogen) atoms. The Balaban J connectivity index is 2.15. The molecule has 0 fully saturated rings. The summed E-state index contributed by atoms with van der Waals surface area (Å²) in [5, 5.41) is 0. The van der Waals surface area contributed by atoms with Gasteiger partial charge in [0, 0.05) is 18.1 Å². The van der Waals surface area contributed by atoms with Gasteiger partial charge in [-0.15, -0.1) is 0 Å². The maximum atomic E-state index is 5.54. The second kappa shape index (κ2) is 4.31. The number of imidazole rings is 1. The standard InChI is InChI=1S/C14H16N4/c1-10-8-11-4-2-3-7-18(11)14(10)12-9-16-13(17-12)5-6-15/h2-4,7-9H,5-6,15H2,1H3,(H,16,17). The molecule has 92 valence electrons. The third-order valence-corrected chi connectivity index (χ3v) is 3.13. The van der Waals surface area contributed by atoms with Crippen molar-refractivity contribution in [2.45, 2.75) is 13.3 Å². The molecule has 0 aliphatic carbocycles. The molecule has 3 aromatic rings. The predicted molar refractivity (Wildman–Crippen MR) is 72.5 cm³/mol. The van der Waals surface area contributed by atoms with Gasteiger partial charge in [-0.25, -0.2) is 4.98 Å². The van der Waals surface area contributed by atoms with E-state index < -0.39 is 0 Å². The summed E-state index contributed by atoms with van der Waals surface area (Å²) in [6.45, 7) is 2.73. The maximum Gasteiger partial charge on any atom is 0.107 e. The van der Waals surface area contributed by atoms with Crippen molar-refractivity contribution in [3.8, 4) is 11.4 Å². The summed E-state index contributed by atoms with van der Waals surface area (Å²) in [5.74, 6) is 0.942. The van der Waals surface area contributed by atoms with E-state index in [9.17, 15) is 0 Å². The molecule has 3 aromatic heterocycles. The van der Waals surface area contributed by atoms with Crippen LogP contribution in [0.1, 0.15) is 11.4 Å². The van der Waals surface area contributed by atoms with Gasteiger partial charge in [-0.3, -0.25) is 0 Å². The fourth-order valence-corrected chi connectivity index (χ4v) is 2.35. The number of aromatic amines is 1. The highest BCUT2D eigenvalue weighted by Crippen LogP contribution is 2.25. The second-order valence-corrected chi connectivity index (χ2v) is 4.45. The number of nitrogens with two attached hydrogens (primary N) is 1. The van der Waals surface area contributed by atoms with Crippen LogP contribution in [0.4, 0.5) is 0 Å². The summed E-state index contributed by atoms with van der Waals surface area (Å²) in [6.07, 6.45) is 4.73. The zero-order chi connectivity index (χ0) is 12.5. The summed E-state index contributed by atoms with van der Waals surface area (Å²) in [4.78, 5) is 7.70. The SMILES string of the molecule is Cc1cc2ccccn2c1-c1cnc(CCN)[nH]1. The Morgan fingerprint density at radius 1 is 1.39 bits per heavy atom. The summed E-state index contributed by atoms with van der Waals surface area (Å²) >= 11 is 0. The van der Waals surface area contributed by atoms with Crippen LogP contribution in [-0.4, -0.2) is 20.9 Å². The van der Waals surface area contributed by atoms with Gasteiger partial charge in [-0.2, -0.15) is 0 Å². The Labute approximate surface area is 105 Å². The van der Waals surface area contributed by atoms with E-state index in [4.69, 9.17) is 5.73 Å². The molecular formula is C14H16N4. The molecule has 3 rings (SSSR count). The van der Waals surface area contributed by atoms with E-state index in [0.29, 0.717) is 6.54 Å². The molecule has 0 bridgehead atoms. The van der Waals surface area contributed by atoms with E-state index in [0.717, 1.165) is 17.9 Å². The lowest BCUT2D eigenvalue weighted by Gasteiger charge is -2.01. The van der Waals surface area contributed by atoms with E-state index in [-0.39, 0.29) is 0 Å². The second-order valence-electron chi connectivity index (χ2n) is 4.45. The van der Waals surface area contributed by atoms with E-state index in [1.165, 1.54) is 16.8 Å². The van der Waals surface area contributed by atoms with Crippen LogP contribution in [0.5, 0.6) is 0 Å². The van der Waals surface area contributed by atoms with Gasteiger partial charge < -0.3 is 15.1 Å². The number of nitrogens with zero attached hydrogens (tertiary/aromatic N) is 2. The number of pyridine rings is 1. The number of nitrogens with one attached hydrogen (secondary N) is 1. The number of aryl methyl sites for hydroxylation is 1. The number of hydrogen-bond donors (Lipinski definition) is 2. The normalized spacial score (nSPS) is 11.2. The number of hydrogen-bond acceptors (Lipinski definition) is 2. The lowest BCUT2D eigenvalue weighted by molar-refractivity contribution is 0.894. The van der Waals surface area contributed by atoms with Crippen LogP contribution < -0.4 is 5.73 Å². The molecule has 0 saturated heterocycles. The smallest absolute Gasteiger partial charge is 0.107 e. The molecule has 0 aliphatic rings. The number of rotatable bonds is 3.